The van der Waals surface area contributed by atoms with Crippen molar-refractivity contribution in [1.29, 1.82) is 0 Å². The number of aryl methyl sites for hydroxylation is 2. The number of nitrogens with one attached hydrogen (secondary N) is 1. The summed E-state index contributed by atoms with van der Waals surface area (Å²) >= 11 is 1.40. The van der Waals surface area contributed by atoms with Crippen molar-refractivity contribution in [1.82, 2.24) is 9.97 Å². The van der Waals surface area contributed by atoms with E-state index in [1.54, 1.807) is 0 Å². The molecule has 1 N–H and O–H groups in total. The van der Waals surface area contributed by atoms with Crippen LogP contribution >= 0.6 is 11.8 Å². The van der Waals surface area contributed by atoms with E-state index in [1.807, 2.05) is 36.3 Å². The maximum absolute atomic E-state index is 12.7. The van der Waals surface area contributed by atoms with Crippen LogP contribution in [0.5, 0.6) is 0 Å². The zero-order chi connectivity index (χ0) is 17.1. The number of rotatable bonds is 4. The molecule has 0 aliphatic carbocycles. The molecule has 0 atom stereocenters. The average molecular weight is 343 g/mol. The standard InChI is InChI=1S/C18H21N3O2S/c1-12-14(17(23)20-18(19-12)24-2)9-10-16(22)21-11-5-7-13-6-3-4-8-15(13)21/h3-4,6,8H,5,7,9-11H2,1-2H3,(H,19,20,23). The molecule has 0 saturated carbocycles. The van der Waals surface area contributed by atoms with Crippen LogP contribution in [0.3, 0.4) is 0 Å². The zero-order valence-electron chi connectivity index (χ0n) is 14.0. The highest BCUT2D eigenvalue weighted by Gasteiger charge is 2.22. The summed E-state index contributed by atoms with van der Waals surface area (Å²) in [5.74, 6) is 0.0647. The summed E-state index contributed by atoms with van der Waals surface area (Å²) in [4.78, 5) is 33.8. The fourth-order valence-electron chi connectivity index (χ4n) is 3.14. The van der Waals surface area contributed by atoms with E-state index < -0.39 is 0 Å². The molecule has 0 unspecified atom stereocenters. The lowest BCUT2D eigenvalue weighted by Gasteiger charge is -2.29. The van der Waals surface area contributed by atoms with Crippen molar-refractivity contribution < 1.29 is 4.79 Å². The van der Waals surface area contributed by atoms with Crippen LogP contribution < -0.4 is 10.5 Å². The first-order valence-corrected chi connectivity index (χ1v) is 9.34. The number of fused-ring (bicyclic) bond motifs is 1. The van der Waals surface area contributed by atoms with Gasteiger partial charge in [0.2, 0.25) is 5.91 Å². The third-order valence-electron chi connectivity index (χ3n) is 4.39. The second-order valence-corrected chi connectivity index (χ2v) is 6.71. The van der Waals surface area contributed by atoms with E-state index in [-0.39, 0.29) is 11.5 Å². The van der Waals surface area contributed by atoms with Crippen LogP contribution in [0.1, 0.15) is 29.7 Å². The molecule has 0 radical (unpaired) electrons. The van der Waals surface area contributed by atoms with Gasteiger partial charge in [-0.2, -0.15) is 0 Å². The molecule has 0 bridgehead atoms. The van der Waals surface area contributed by atoms with Gasteiger partial charge in [0.15, 0.2) is 5.16 Å². The summed E-state index contributed by atoms with van der Waals surface area (Å²) < 4.78 is 0. The van der Waals surface area contributed by atoms with Gasteiger partial charge in [-0.15, -0.1) is 0 Å². The number of amides is 1. The molecule has 5 nitrogen and oxygen atoms in total. The predicted octanol–water partition coefficient (Wildman–Crippen LogP) is 2.71. The SMILES string of the molecule is CSc1nc(C)c(CCC(=O)N2CCCc3ccccc32)c(=O)[nH]1. The van der Waals surface area contributed by atoms with Crippen molar-refractivity contribution in [3.63, 3.8) is 0 Å². The van der Waals surface area contributed by atoms with E-state index in [2.05, 4.69) is 16.0 Å². The molecule has 2 aromatic rings. The molecular weight excluding hydrogens is 322 g/mol. The summed E-state index contributed by atoms with van der Waals surface area (Å²) in [6.07, 6.45) is 4.60. The molecule has 3 rings (SSSR count). The number of benzene rings is 1. The zero-order valence-corrected chi connectivity index (χ0v) is 14.8. The number of aromatic amines is 1. The van der Waals surface area contributed by atoms with Gasteiger partial charge in [0.25, 0.3) is 5.56 Å². The van der Waals surface area contributed by atoms with Crippen molar-refractivity contribution in [2.45, 2.75) is 37.8 Å². The van der Waals surface area contributed by atoms with Crippen LogP contribution in [0, 0.1) is 6.92 Å². The Hall–Kier alpha value is -2.08. The monoisotopic (exact) mass is 343 g/mol. The molecule has 2 heterocycles. The Morgan fingerprint density at radius 1 is 1.38 bits per heavy atom. The number of para-hydroxylation sites is 1. The summed E-state index contributed by atoms with van der Waals surface area (Å²) in [5.41, 5.74) is 3.40. The molecule has 6 heteroatoms. The number of thioether (sulfide) groups is 1. The van der Waals surface area contributed by atoms with Gasteiger partial charge < -0.3 is 9.88 Å². The van der Waals surface area contributed by atoms with Crippen LogP contribution in [0.2, 0.25) is 0 Å². The lowest BCUT2D eigenvalue weighted by molar-refractivity contribution is -0.118. The Bertz CT molecular complexity index is 816. The van der Waals surface area contributed by atoms with E-state index in [9.17, 15) is 9.59 Å². The molecule has 1 aliphatic heterocycles. The molecule has 126 valence electrons. The highest BCUT2D eigenvalue weighted by atomic mass is 32.2. The summed E-state index contributed by atoms with van der Waals surface area (Å²) in [7, 11) is 0. The van der Waals surface area contributed by atoms with E-state index >= 15 is 0 Å². The molecule has 1 aromatic carbocycles. The Morgan fingerprint density at radius 3 is 2.92 bits per heavy atom. The van der Waals surface area contributed by atoms with Crippen molar-refractivity contribution in [2.75, 3.05) is 17.7 Å². The van der Waals surface area contributed by atoms with Crippen molar-refractivity contribution in [2.24, 2.45) is 0 Å². The molecule has 24 heavy (non-hydrogen) atoms. The molecule has 1 amide bonds. The fraction of sp³-hybridized carbons (Fsp3) is 0.389. The summed E-state index contributed by atoms with van der Waals surface area (Å²) in [6, 6.07) is 8.05. The largest absolute Gasteiger partial charge is 0.312 e. The van der Waals surface area contributed by atoms with Crippen LogP contribution in [0.25, 0.3) is 0 Å². The Labute approximate surface area is 145 Å². The molecule has 1 aliphatic rings. The van der Waals surface area contributed by atoms with Crippen molar-refractivity contribution in [3.05, 3.63) is 51.4 Å². The second kappa shape index (κ2) is 7.21. The number of H-pyrrole nitrogens is 1. The van der Waals surface area contributed by atoms with E-state index in [4.69, 9.17) is 0 Å². The maximum atomic E-state index is 12.7. The first-order chi connectivity index (χ1) is 11.6. The minimum atomic E-state index is -0.140. The van der Waals surface area contributed by atoms with Crippen LogP contribution in [0.15, 0.2) is 34.2 Å². The highest BCUT2D eigenvalue weighted by molar-refractivity contribution is 7.98. The van der Waals surface area contributed by atoms with Gasteiger partial charge in [-0.25, -0.2) is 4.98 Å². The van der Waals surface area contributed by atoms with Gasteiger partial charge in [0, 0.05) is 29.9 Å². The van der Waals surface area contributed by atoms with Crippen LogP contribution in [0.4, 0.5) is 5.69 Å². The maximum Gasteiger partial charge on any atom is 0.254 e. The second-order valence-electron chi connectivity index (χ2n) is 5.92. The number of hydrogen-bond acceptors (Lipinski definition) is 4. The Morgan fingerprint density at radius 2 is 2.17 bits per heavy atom. The fourth-order valence-corrected chi connectivity index (χ4v) is 3.56. The summed E-state index contributed by atoms with van der Waals surface area (Å²) in [5, 5.41) is 0.609. The number of carbonyl (C=O) groups is 1. The number of nitrogens with zero attached hydrogens (tertiary/aromatic N) is 2. The average Bonchev–Trinajstić information content (AvgIpc) is 2.60. The van der Waals surface area contributed by atoms with Gasteiger partial charge in [0.05, 0.1) is 0 Å². The van der Waals surface area contributed by atoms with E-state index in [0.717, 1.165) is 25.1 Å². The van der Waals surface area contributed by atoms with Crippen molar-refractivity contribution in [3.8, 4) is 0 Å². The molecular formula is C18H21N3O2S. The molecule has 0 fully saturated rings. The number of aromatic nitrogens is 2. The lowest BCUT2D eigenvalue weighted by Crippen LogP contribution is -2.36. The Balaban J connectivity index is 1.75. The van der Waals surface area contributed by atoms with Crippen LogP contribution in [-0.2, 0) is 17.6 Å². The van der Waals surface area contributed by atoms with E-state index in [1.165, 1.54) is 17.3 Å². The van der Waals surface area contributed by atoms with Gasteiger partial charge in [-0.05, 0) is 44.1 Å². The highest BCUT2D eigenvalue weighted by Crippen LogP contribution is 2.27. The van der Waals surface area contributed by atoms with E-state index in [0.29, 0.717) is 29.3 Å². The number of hydrogen-bond donors (Lipinski definition) is 1. The summed E-state index contributed by atoms with van der Waals surface area (Å²) in [6.45, 7) is 2.57. The van der Waals surface area contributed by atoms with Gasteiger partial charge in [-0.1, -0.05) is 30.0 Å². The molecule has 0 saturated heterocycles. The smallest absolute Gasteiger partial charge is 0.254 e. The topological polar surface area (TPSA) is 66.1 Å². The number of anilines is 1. The quantitative estimate of drug-likeness (QED) is 0.685. The van der Waals surface area contributed by atoms with Gasteiger partial charge in [0.1, 0.15) is 0 Å². The number of carbonyl (C=O) groups excluding carboxylic acids is 1. The van der Waals surface area contributed by atoms with Gasteiger partial charge >= 0.3 is 0 Å². The Kier molecular flexibility index (Phi) is 5.04. The normalized spacial score (nSPS) is 13.7. The van der Waals surface area contributed by atoms with Crippen LogP contribution in [-0.4, -0.2) is 28.7 Å². The first-order valence-electron chi connectivity index (χ1n) is 8.12. The van der Waals surface area contributed by atoms with Crippen molar-refractivity contribution >= 4 is 23.4 Å². The minimum absolute atomic E-state index is 0.0647. The van der Waals surface area contributed by atoms with Gasteiger partial charge in [-0.3, -0.25) is 9.59 Å². The third kappa shape index (κ3) is 3.38. The molecule has 1 aromatic heterocycles. The lowest BCUT2D eigenvalue weighted by atomic mass is 10.0. The minimum Gasteiger partial charge on any atom is -0.312 e. The predicted molar refractivity (Wildman–Crippen MR) is 96.8 cm³/mol. The molecule has 0 spiro atoms. The third-order valence-corrected chi connectivity index (χ3v) is 4.97. The first kappa shape index (κ1) is 16.8.